The second-order valence-corrected chi connectivity index (χ2v) is 5.98. The molecule has 25 heavy (non-hydrogen) atoms. The number of rotatable bonds is 7. The van der Waals surface area contributed by atoms with Crippen LogP contribution in [0, 0.1) is 12.7 Å². The van der Waals surface area contributed by atoms with Crippen LogP contribution < -0.4 is 5.32 Å². The van der Waals surface area contributed by atoms with Crippen LogP contribution in [0.2, 0.25) is 0 Å². The first-order valence-electron chi connectivity index (χ1n) is 8.03. The minimum absolute atomic E-state index is 0.106. The number of halogens is 1. The van der Waals surface area contributed by atoms with Crippen LogP contribution in [0.3, 0.4) is 0 Å². The standard InChI is InChI=1S/C19H23FN2O3/c1-14-8-16(20)10-17(9-14)21-19(24)22(2)11-18(23)13-25-12-15-6-4-3-5-7-15/h3-10,18,23H,11-13H2,1-2H3,(H,21,24). The summed E-state index contributed by atoms with van der Waals surface area (Å²) in [4.78, 5) is 13.4. The van der Waals surface area contributed by atoms with Gasteiger partial charge in [-0.05, 0) is 36.2 Å². The van der Waals surface area contributed by atoms with Gasteiger partial charge in [-0.2, -0.15) is 0 Å². The van der Waals surface area contributed by atoms with Crippen molar-refractivity contribution in [1.29, 1.82) is 0 Å². The monoisotopic (exact) mass is 346 g/mol. The zero-order valence-electron chi connectivity index (χ0n) is 14.4. The highest BCUT2D eigenvalue weighted by atomic mass is 19.1. The predicted octanol–water partition coefficient (Wildman–Crippen LogP) is 3.18. The molecule has 0 spiro atoms. The third kappa shape index (κ3) is 6.52. The van der Waals surface area contributed by atoms with Gasteiger partial charge in [-0.15, -0.1) is 0 Å². The van der Waals surface area contributed by atoms with Crippen LogP contribution in [0.25, 0.3) is 0 Å². The Morgan fingerprint density at radius 2 is 2.00 bits per heavy atom. The third-order valence-corrected chi connectivity index (χ3v) is 3.55. The number of ether oxygens (including phenoxy) is 1. The maximum absolute atomic E-state index is 13.3. The zero-order chi connectivity index (χ0) is 18.2. The fourth-order valence-electron chi connectivity index (χ4n) is 2.37. The van der Waals surface area contributed by atoms with Crippen LogP contribution >= 0.6 is 0 Å². The lowest BCUT2D eigenvalue weighted by Gasteiger charge is -2.21. The van der Waals surface area contributed by atoms with Crippen molar-refractivity contribution in [1.82, 2.24) is 4.90 Å². The Labute approximate surface area is 147 Å². The van der Waals surface area contributed by atoms with Crippen LogP contribution in [0.5, 0.6) is 0 Å². The molecule has 134 valence electrons. The van der Waals surface area contributed by atoms with Gasteiger partial charge in [0.1, 0.15) is 5.82 Å². The fraction of sp³-hybridized carbons (Fsp3) is 0.316. The number of urea groups is 1. The minimum Gasteiger partial charge on any atom is -0.389 e. The van der Waals surface area contributed by atoms with Crippen molar-refractivity contribution in [2.75, 3.05) is 25.5 Å². The molecule has 0 fully saturated rings. The Balaban J connectivity index is 1.75. The molecule has 2 aromatic carbocycles. The van der Waals surface area contributed by atoms with Gasteiger partial charge in [0, 0.05) is 12.7 Å². The first kappa shape index (κ1) is 18.9. The van der Waals surface area contributed by atoms with Gasteiger partial charge in [0.05, 0.1) is 25.9 Å². The van der Waals surface area contributed by atoms with E-state index in [-0.39, 0.29) is 13.2 Å². The topological polar surface area (TPSA) is 61.8 Å². The van der Waals surface area contributed by atoms with E-state index in [1.54, 1.807) is 20.0 Å². The van der Waals surface area contributed by atoms with Gasteiger partial charge in [-0.3, -0.25) is 0 Å². The van der Waals surface area contributed by atoms with Crippen LogP contribution in [-0.4, -0.2) is 42.3 Å². The molecule has 0 aromatic heterocycles. The molecule has 0 aliphatic rings. The van der Waals surface area contributed by atoms with E-state index in [2.05, 4.69) is 5.32 Å². The van der Waals surface area contributed by atoms with Crippen LogP contribution in [0.4, 0.5) is 14.9 Å². The maximum Gasteiger partial charge on any atom is 0.321 e. The van der Waals surface area contributed by atoms with Crippen molar-refractivity contribution >= 4 is 11.7 Å². The van der Waals surface area contributed by atoms with Gasteiger partial charge in [-0.25, -0.2) is 9.18 Å². The maximum atomic E-state index is 13.3. The molecule has 1 atom stereocenters. The van der Waals surface area contributed by atoms with Crippen molar-refractivity contribution < 1.29 is 19.0 Å². The van der Waals surface area contributed by atoms with E-state index in [1.807, 2.05) is 30.3 Å². The van der Waals surface area contributed by atoms with E-state index < -0.39 is 18.0 Å². The number of carbonyl (C=O) groups excluding carboxylic acids is 1. The number of aryl methyl sites for hydroxylation is 1. The summed E-state index contributed by atoms with van der Waals surface area (Å²) in [6.45, 7) is 2.37. The molecule has 6 heteroatoms. The normalized spacial score (nSPS) is 11.8. The second-order valence-electron chi connectivity index (χ2n) is 5.98. The Hall–Kier alpha value is -2.44. The van der Waals surface area contributed by atoms with E-state index in [0.717, 1.165) is 5.56 Å². The molecular weight excluding hydrogens is 323 g/mol. The summed E-state index contributed by atoms with van der Waals surface area (Å²) in [5.41, 5.74) is 2.11. The summed E-state index contributed by atoms with van der Waals surface area (Å²) < 4.78 is 18.8. The van der Waals surface area contributed by atoms with Gasteiger partial charge >= 0.3 is 6.03 Å². The van der Waals surface area contributed by atoms with E-state index in [9.17, 15) is 14.3 Å². The molecule has 0 aliphatic heterocycles. The van der Waals surface area contributed by atoms with Gasteiger partial charge in [0.2, 0.25) is 0 Å². The van der Waals surface area contributed by atoms with Crippen molar-refractivity contribution in [3.8, 4) is 0 Å². The summed E-state index contributed by atoms with van der Waals surface area (Å²) in [6.07, 6.45) is -0.811. The van der Waals surface area contributed by atoms with Gasteiger partial charge in [0.25, 0.3) is 0 Å². The molecule has 0 bridgehead atoms. The molecule has 0 saturated heterocycles. The van der Waals surface area contributed by atoms with Crippen LogP contribution in [-0.2, 0) is 11.3 Å². The van der Waals surface area contributed by atoms with Gasteiger partial charge < -0.3 is 20.1 Å². The lowest BCUT2D eigenvalue weighted by Crippen LogP contribution is -2.38. The summed E-state index contributed by atoms with van der Waals surface area (Å²) >= 11 is 0. The predicted molar refractivity (Wildman–Crippen MR) is 94.9 cm³/mol. The summed E-state index contributed by atoms with van der Waals surface area (Å²) in [5, 5.41) is 12.6. The Morgan fingerprint density at radius 1 is 1.28 bits per heavy atom. The first-order valence-corrected chi connectivity index (χ1v) is 8.03. The highest BCUT2D eigenvalue weighted by molar-refractivity contribution is 5.89. The molecule has 2 aromatic rings. The molecule has 0 saturated carbocycles. The Bertz CT molecular complexity index is 674. The largest absolute Gasteiger partial charge is 0.389 e. The molecule has 0 aliphatic carbocycles. The molecule has 2 N–H and O–H groups in total. The fourth-order valence-corrected chi connectivity index (χ4v) is 2.37. The number of benzene rings is 2. The number of carbonyl (C=O) groups is 1. The lowest BCUT2D eigenvalue weighted by molar-refractivity contribution is 0.0188. The number of hydrogen-bond acceptors (Lipinski definition) is 3. The number of anilines is 1. The van der Waals surface area contributed by atoms with Crippen molar-refractivity contribution in [3.63, 3.8) is 0 Å². The number of hydrogen-bond donors (Lipinski definition) is 2. The zero-order valence-corrected chi connectivity index (χ0v) is 14.4. The molecule has 1 unspecified atom stereocenters. The average molecular weight is 346 g/mol. The molecule has 2 amide bonds. The highest BCUT2D eigenvalue weighted by Crippen LogP contribution is 2.13. The molecule has 0 radical (unpaired) electrons. The SMILES string of the molecule is Cc1cc(F)cc(NC(=O)N(C)CC(O)COCc2ccccc2)c1. The number of nitrogens with zero attached hydrogens (tertiary/aromatic N) is 1. The summed E-state index contributed by atoms with van der Waals surface area (Å²) in [6, 6.07) is 13.5. The number of amides is 2. The molecule has 5 nitrogen and oxygen atoms in total. The number of aliphatic hydroxyl groups excluding tert-OH is 1. The minimum atomic E-state index is -0.811. The van der Waals surface area contributed by atoms with E-state index in [0.29, 0.717) is 17.9 Å². The van der Waals surface area contributed by atoms with E-state index in [4.69, 9.17) is 4.74 Å². The van der Waals surface area contributed by atoms with Gasteiger partial charge in [-0.1, -0.05) is 30.3 Å². The lowest BCUT2D eigenvalue weighted by atomic mass is 10.2. The summed E-state index contributed by atoms with van der Waals surface area (Å²) in [7, 11) is 1.56. The Kier molecular flexibility index (Phi) is 6.91. The van der Waals surface area contributed by atoms with Gasteiger partial charge in [0.15, 0.2) is 0 Å². The summed E-state index contributed by atoms with van der Waals surface area (Å²) in [5.74, 6) is -0.410. The van der Waals surface area contributed by atoms with Crippen molar-refractivity contribution in [3.05, 3.63) is 65.5 Å². The quantitative estimate of drug-likeness (QED) is 0.809. The highest BCUT2D eigenvalue weighted by Gasteiger charge is 2.14. The first-order chi connectivity index (χ1) is 11.9. The number of nitrogens with one attached hydrogen (secondary N) is 1. The molecule has 2 rings (SSSR count). The molecular formula is C19H23FN2O3. The van der Waals surface area contributed by atoms with Crippen molar-refractivity contribution in [2.24, 2.45) is 0 Å². The van der Waals surface area contributed by atoms with Crippen molar-refractivity contribution in [2.45, 2.75) is 19.6 Å². The van der Waals surface area contributed by atoms with E-state index >= 15 is 0 Å². The third-order valence-electron chi connectivity index (χ3n) is 3.55. The number of aliphatic hydroxyl groups is 1. The average Bonchev–Trinajstić information content (AvgIpc) is 2.54. The van der Waals surface area contributed by atoms with E-state index in [1.165, 1.54) is 17.0 Å². The van der Waals surface area contributed by atoms with Crippen LogP contribution in [0.1, 0.15) is 11.1 Å². The smallest absolute Gasteiger partial charge is 0.321 e. The number of likely N-dealkylation sites (N-methyl/N-ethyl adjacent to an activating group) is 1. The second kappa shape index (κ2) is 9.15. The Morgan fingerprint density at radius 3 is 2.68 bits per heavy atom. The molecule has 0 heterocycles. The van der Waals surface area contributed by atoms with Crippen LogP contribution in [0.15, 0.2) is 48.5 Å².